The average molecular weight is 347 g/mol. The van der Waals surface area contributed by atoms with E-state index in [-0.39, 0.29) is 0 Å². The van der Waals surface area contributed by atoms with Crippen molar-refractivity contribution in [2.24, 2.45) is 0 Å². The van der Waals surface area contributed by atoms with Gasteiger partial charge >= 0.3 is 0 Å². The Hall–Kier alpha value is -0.940. The van der Waals surface area contributed by atoms with E-state index in [1.165, 1.54) is 0 Å². The second-order valence-electron chi connectivity index (χ2n) is 4.28. The van der Waals surface area contributed by atoms with E-state index in [0.717, 1.165) is 30.3 Å². The van der Waals surface area contributed by atoms with Crippen LogP contribution in [0.15, 0.2) is 12.1 Å². The molecule has 0 aliphatic heterocycles. The molecule has 5 heteroatoms. The standard InChI is InChI=1S/C15H23BrO4/c1-4-5-6-19-7-8-20-15-13(17-2)9-12(11-16)10-14(15)18-3/h9-10H,4-8,11H2,1-3H3. The quantitative estimate of drug-likeness (QED) is 0.477. The molecule has 1 aromatic carbocycles. The fourth-order valence-corrected chi connectivity index (χ4v) is 2.03. The number of benzene rings is 1. The fourth-order valence-electron chi connectivity index (χ4n) is 1.70. The zero-order valence-electron chi connectivity index (χ0n) is 12.4. The van der Waals surface area contributed by atoms with Crippen LogP contribution in [0.1, 0.15) is 25.3 Å². The molecule has 1 rings (SSSR count). The van der Waals surface area contributed by atoms with E-state index in [2.05, 4.69) is 22.9 Å². The summed E-state index contributed by atoms with van der Waals surface area (Å²) in [6, 6.07) is 3.87. The third-order valence-corrected chi connectivity index (χ3v) is 3.44. The maximum absolute atomic E-state index is 5.74. The van der Waals surface area contributed by atoms with Gasteiger partial charge in [0.25, 0.3) is 0 Å². The summed E-state index contributed by atoms with van der Waals surface area (Å²) in [5.41, 5.74) is 1.07. The first-order chi connectivity index (χ1) is 9.76. The maximum Gasteiger partial charge on any atom is 0.203 e. The second-order valence-corrected chi connectivity index (χ2v) is 4.84. The van der Waals surface area contributed by atoms with Crippen LogP contribution in [0.5, 0.6) is 17.2 Å². The SMILES string of the molecule is CCCCOCCOc1c(OC)cc(CBr)cc1OC. The molecule has 0 aliphatic rings. The Morgan fingerprint density at radius 3 is 2.15 bits per heavy atom. The third-order valence-electron chi connectivity index (χ3n) is 2.79. The summed E-state index contributed by atoms with van der Waals surface area (Å²) in [5.74, 6) is 1.97. The molecule has 0 atom stereocenters. The molecule has 0 bridgehead atoms. The first kappa shape index (κ1) is 17.1. The van der Waals surface area contributed by atoms with Gasteiger partial charge in [0.15, 0.2) is 11.5 Å². The van der Waals surface area contributed by atoms with Crippen LogP contribution in [0.4, 0.5) is 0 Å². The van der Waals surface area contributed by atoms with Gasteiger partial charge in [-0.15, -0.1) is 0 Å². The van der Waals surface area contributed by atoms with Crippen molar-refractivity contribution in [3.8, 4) is 17.2 Å². The third kappa shape index (κ3) is 5.21. The average Bonchev–Trinajstić information content (AvgIpc) is 2.50. The van der Waals surface area contributed by atoms with Gasteiger partial charge in [-0.2, -0.15) is 0 Å². The largest absolute Gasteiger partial charge is 0.493 e. The van der Waals surface area contributed by atoms with Crippen LogP contribution in [-0.4, -0.2) is 34.0 Å². The predicted octanol–water partition coefficient (Wildman–Crippen LogP) is 3.79. The van der Waals surface area contributed by atoms with Crippen LogP contribution in [-0.2, 0) is 10.1 Å². The number of hydrogen-bond donors (Lipinski definition) is 0. The molecule has 0 aromatic heterocycles. The van der Waals surface area contributed by atoms with Gasteiger partial charge in [0, 0.05) is 11.9 Å². The summed E-state index contributed by atoms with van der Waals surface area (Å²) in [5, 5.41) is 0.736. The lowest BCUT2D eigenvalue weighted by Gasteiger charge is -2.15. The molecule has 0 saturated carbocycles. The molecule has 0 aliphatic carbocycles. The molecule has 20 heavy (non-hydrogen) atoms. The van der Waals surface area contributed by atoms with Crippen molar-refractivity contribution in [2.45, 2.75) is 25.1 Å². The van der Waals surface area contributed by atoms with Crippen molar-refractivity contribution >= 4 is 15.9 Å². The number of alkyl halides is 1. The molecular weight excluding hydrogens is 324 g/mol. The smallest absolute Gasteiger partial charge is 0.203 e. The van der Waals surface area contributed by atoms with Crippen LogP contribution >= 0.6 is 15.9 Å². The highest BCUT2D eigenvalue weighted by atomic mass is 79.9. The molecule has 1 aromatic rings. The van der Waals surface area contributed by atoms with Gasteiger partial charge < -0.3 is 18.9 Å². The maximum atomic E-state index is 5.74. The summed E-state index contributed by atoms with van der Waals surface area (Å²) >= 11 is 3.42. The van der Waals surface area contributed by atoms with E-state index in [4.69, 9.17) is 18.9 Å². The molecule has 0 fully saturated rings. The highest BCUT2D eigenvalue weighted by Gasteiger charge is 2.13. The number of ether oxygens (including phenoxy) is 4. The molecule has 0 N–H and O–H groups in total. The predicted molar refractivity (Wildman–Crippen MR) is 83.4 cm³/mol. The summed E-state index contributed by atoms with van der Waals surface area (Å²) in [6.45, 7) is 3.95. The number of methoxy groups -OCH3 is 2. The Morgan fingerprint density at radius 1 is 1.00 bits per heavy atom. The number of halogens is 1. The molecule has 4 nitrogen and oxygen atoms in total. The minimum atomic E-state index is 0.476. The van der Waals surface area contributed by atoms with Gasteiger partial charge in [0.2, 0.25) is 5.75 Å². The van der Waals surface area contributed by atoms with Gasteiger partial charge in [-0.25, -0.2) is 0 Å². The van der Waals surface area contributed by atoms with Crippen LogP contribution < -0.4 is 14.2 Å². The Labute approximate surface area is 129 Å². The lowest BCUT2D eigenvalue weighted by atomic mass is 10.2. The molecule has 0 amide bonds. The Balaban J connectivity index is 2.63. The lowest BCUT2D eigenvalue weighted by Crippen LogP contribution is -2.09. The number of unbranched alkanes of at least 4 members (excludes halogenated alkanes) is 1. The summed E-state index contributed by atoms with van der Waals surface area (Å²) in [6.07, 6.45) is 2.21. The Bertz CT molecular complexity index is 370. The van der Waals surface area contributed by atoms with Crippen LogP contribution in [0, 0.1) is 0 Å². The van der Waals surface area contributed by atoms with Crippen molar-refractivity contribution in [1.82, 2.24) is 0 Å². The monoisotopic (exact) mass is 346 g/mol. The van der Waals surface area contributed by atoms with Crippen molar-refractivity contribution in [3.05, 3.63) is 17.7 Å². The van der Waals surface area contributed by atoms with Gasteiger partial charge in [-0.05, 0) is 24.1 Å². The second kappa shape index (κ2) is 9.88. The topological polar surface area (TPSA) is 36.9 Å². The minimum absolute atomic E-state index is 0.476. The van der Waals surface area contributed by atoms with Crippen molar-refractivity contribution in [3.63, 3.8) is 0 Å². The number of hydrogen-bond acceptors (Lipinski definition) is 4. The first-order valence-corrected chi connectivity index (χ1v) is 7.90. The van der Waals surface area contributed by atoms with Gasteiger partial charge in [0.05, 0.1) is 20.8 Å². The zero-order valence-corrected chi connectivity index (χ0v) is 14.0. The van der Waals surface area contributed by atoms with Gasteiger partial charge in [0.1, 0.15) is 6.61 Å². The van der Waals surface area contributed by atoms with E-state index in [9.17, 15) is 0 Å². The van der Waals surface area contributed by atoms with Crippen LogP contribution in [0.3, 0.4) is 0 Å². The zero-order chi connectivity index (χ0) is 14.8. The van der Waals surface area contributed by atoms with E-state index < -0.39 is 0 Å². The molecule has 0 saturated heterocycles. The molecule has 114 valence electrons. The first-order valence-electron chi connectivity index (χ1n) is 6.78. The molecule has 0 unspecified atom stereocenters. The number of rotatable bonds is 10. The molecular formula is C15H23BrO4. The van der Waals surface area contributed by atoms with E-state index in [1.807, 2.05) is 12.1 Å². The Kier molecular flexibility index (Phi) is 8.46. The van der Waals surface area contributed by atoms with E-state index in [1.54, 1.807) is 14.2 Å². The fraction of sp³-hybridized carbons (Fsp3) is 0.600. The molecule has 0 heterocycles. The Morgan fingerprint density at radius 2 is 1.65 bits per heavy atom. The highest BCUT2D eigenvalue weighted by Crippen LogP contribution is 2.39. The van der Waals surface area contributed by atoms with Crippen LogP contribution in [0.25, 0.3) is 0 Å². The lowest BCUT2D eigenvalue weighted by molar-refractivity contribution is 0.0958. The minimum Gasteiger partial charge on any atom is -0.493 e. The highest BCUT2D eigenvalue weighted by molar-refractivity contribution is 9.08. The van der Waals surface area contributed by atoms with Crippen molar-refractivity contribution in [1.29, 1.82) is 0 Å². The van der Waals surface area contributed by atoms with Crippen LogP contribution in [0.2, 0.25) is 0 Å². The van der Waals surface area contributed by atoms with Crippen molar-refractivity contribution < 1.29 is 18.9 Å². The van der Waals surface area contributed by atoms with E-state index >= 15 is 0 Å². The molecule has 0 radical (unpaired) electrons. The van der Waals surface area contributed by atoms with Gasteiger partial charge in [-0.3, -0.25) is 0 Å². The summed E-state index contributed by atoms with van der Waals surface area (Å²) in [4.78, 5) is 0. The summed E-state index contributed by atoms with van der Waals surface area (Å²) in [7, 11) is 3.24. The summed E-state index contributed by atoms with van der Waals surface area (Å²) < 4.78 is 21.9. The van der Waals surface area contributed by atoms with E-state index in [0.29, 0.717) is 30.5 Å². The molecule has 0 spiro atoms. The van der Waals surface area contributed by atoms with Gasteiger partial charge in [-0.1, -0.05) is 29.3 Å². The normalized spacial score (nSPS) is 10.4. The van der Waals surface area contributed by atoms with Crippen molar-refractivity contribution in [2.75, 3.05) is 34.0 Å².